The molecule has 0 saturated carbocycles. The first kappa shape index (κ1) is 22.1. The Hall–Kier alpha value is -3.62. The first-order valence-corrected chi connectivity index (χ1v) is 9.57. The highest BCUT2D eigenvalue weighted by atomic mass is 35.5. The van der Waals surface area contributed by atoms with Crippen molar-refractivity contribution in [1.29, 1.82) is 0 Å². The van der Waals surface area contributed by atoms with Crippen molar-refractivity contribution in [3.63, 3.8) is 0 Å². The van der Waals surface area contributed by atoms with E-state index in [2.05, 4.69) is 15.8 Å². The number of carbonyl (C=O) groups is 3. The Morgan fingerprint density at radius 2 is 1.74 bits per heavy atom. The molecule has 3 aromatic rings. The van der Waals surface area contributed by atoms with Crippen LogP contribution in [-0.2, 0) is 9.59 Å². The van der Waals surface area contributed by atoms with Gasteiger partial charge in [-0.3, -0.25) is 9.59 Å². The van der Waals surface area contributed by atoms with E-state index in [1.807, 2.05) is 0 Å². The number of nitrogens with one attached hydrogen (secondary N) is 2. The number of furan rings is 1. The summed E-state index contributed by atoms with van der Waals surface area (Å²) >= 11 is 11.9. The molecule has 0 atom stereocenters. The second-order valence-electron chi connectivity index (χ2n) is 6.06. The lowest BCUT2D eigenvalue weighted by atomic mass is 10.1. The van der Waals surface area contributed by atoms with Crippen LogP contribution in [0.5, 0.6) is 5.75 Å². The highest BCUT2D eigenvalue weighted by molar-refractivity contribution is 6.45. The summed E-state index contributed by atoms with van der Waals surface area (Å²) in [5.74, 6) is -2.46. The molecule has 0 fully saturated rings. The van der Waals surface area contributed by atoms with Gasteiger partial charge in [0.1, 0.15) is 5.75 Å². The molecule has 0 aliphatic carbocycles. The van der Waals surface area contributed by atoms with Gasteiger partial charge in [0.15, 0.2) is 0 Å². The molecule has 2 aromatic carbocycles. The van der Waals surface area contributed by atoms with Crippen LogP contribution in [0.3, 0.4) is 0 Å². The van der Waals surface area contributed by atoms with Gasteiger partial charge in [-0.1, -0.05) is 41.4 Å². The zero-order chi connectivity index (χ0) is 22.4. The number of hydrogen-bond acceptors (Lipinski definition) is 6. The maximum atomic E-state index is 12.1. The Morgan fingerprint density at radius 3 is 2.48 bits per heavy atom. The number of anilines is 1. The Kier molecular flexibility index (Phi) is 7.07. The summed E-state index contributed by atoms with van der Waals surface area (Å²) in [7, 11) is 0. The number of esters is 1. The fourth-order valence-corrected chi connectivity index (χ4v) is 2.77. The third-order valence-corrected chi connectivity index (χ3v) is 4.75. The summed E-state index contributed by atoms with van der Waals surface area (Å²) in [4.78, 5) is 36.3. The lowest BCUT2D eigenvalue weighted by Crippen LogP contribution is -2.33. The third-order valence-electron chi connectivity index (χ3n) is 3.93. The number of nitrogens with zero attached hydrogens (tertiary/aromatic N) is 1. The lowest BCUT2D eigenvalue weighted by molar-refractivity contribution is -0.136. The molecule has 1 heterocycles. The number of para-hydroxylation sites is 1. The number of benzene rings is 2. The smallest absolute Gasteiger partial charge is 0.379 e. The summed E-state index contributed by atoms with van der Waals surface area (Å²) in [5, 5.41) is 6.60. The summed E-state index contributed by atoms with van der Waals surface area (Å²) < 4.78 is 10.3. The lowest BCUT2D eigenvalue weighted by Gasteiger charge is -2.10. The number of ether oxygens (including phenoxy) is 1. The molecule has 1 aromatic heterocycles. The normalized spacial score (nSPS) is 11.0. The second-order valence-corrected chi connectivity index (χ2v) is 6.84. The summed E-state index contributed by atoms with van der Waals surface area (Å²) in [6.45, 7) is 1.57. The average molecular weight is 460 g/mol. The molecule has 3 rings (SSSR count). The van der Waals surface area contributed by atoms with Crippen LogP contribution in [0.15, 0.2) is 70.4 Å². The maximum Gasteiger partial charge on any atom is 0.379 e. The van der Waals surface area contributed by atoms with E-state index in [-0.39, 0.29) is 27.2 Å². The van der Waals surface area contributed by atoms with Crippen molar-refractivity contribution < 1.29 is 23.5 Å². The Balaban J connectivity index is 1.69. The van der Waals surface area contributed by atoms with E-state index in [1.165, 1.54) is 18.4 Å². The molecule has 0 aliphatic rings. The summed E-state index contributed by atoms with van der Waals surface area (Å²) in [6.07, 6.45) is 1.35. The van der Waals surface area contributed by atoms with Crippen LogP contribution >= 0.6 is 23.2 Å². The zero-order valence-corrected chi connectivity index (χ0v) is 17.5. The molecule has 2 N–H and O–H groups in total. The standard InChI is InChI=1S/C21H15Cl2N3O5/c1-12(13-6-2-3-9-16(13)31-21(29)17-10-5-11-30-17)25-26-20(28)19(27)24-15-8-4-7-14(22)18(15)23/h2-11H,1H3,(H,24,27)(H,26,28)/b25-12+. The van der Waals surface area contributed by atoms with E-state index in [1.54, 1.807) is 49.4 Å². The van der Waals surface area contributed by atoms with Gasteiger partial charge in [0.05, 0.1) is 27.7 Å². The maximum absolute atomic E-state index is 12.1. The molecule has 0 bridgehead atoms. The van der Waals surface area contributed by atoms with Crippen molar-refractivity contribution >= 4 is 52.4 Å². The van der Waals surface area contributed by atoms with Crippen LogP contribution in [0, 0.1) is 0 Å². The minimum Gasteiger partial charge on any atom is -0.457 e. The quantitative estimate of drug-likeness (QED) is 0.194. The number of amides is 2. The van der Waals surface area contributed by atoms with Crippen molar-refractivity contribution in [3.8, 4) is 5.75 Å². The molecule has 158 valence electrons. The van der Waals surface area contributed by atoms with Gasteiger partial charge < -0.3 is 14.5 Å². The average Bonchev–Trinajstić information content (AvgIpc) is 3.30. The molecule has 8 nitrogen and oxygen atoms in total. The summed E-state index contributed by atoms with van der Waals surface area (Å²) in [5.41, 5.74) is 3.06. The van der Waals surface area contributed by atoms with Crippen LogP contribution < -0.4 is 15.5 Å². The minimum absolute atomic E-state index is 0.0362. The minimum atomic E-state index is -1.03. The van der Waals surface area contributed by atoms with E-state index in [0.717, 1.165) is 0 Å². The predicted molar refractivity (Wildman–Crippen MR) is 116 cm³/mol. The fraction of sp³-hybridized carbons (Fsp3) is 0.0476. The Morgan fingerprint density at radius 1 is 0.968 bits per heavy atom. The molecule has 10 heteroatoms. The fourth-order valence-electron chi connectivity index (χ4n) is 2.42. The number of hydrogen-bond donors (Lipinski definition) is 2. The second kappa shape index (κ2) is 9.92. The van der Waals surface area contributed by atoms with Gasteiger partial charge in [-0.25, -0.2) is 10.2 Å². The van der Waals surface area contributed by atoms with Gasteiger partial charge in [0.25, 0.3) is 0 Å². The topological polar surface area (TPSA) is 110 Å². The zero-order valence-electron chi connectivity index (χ0n) is 16.0. The van der Waals surface area contributed by atoms with E-state index in [9.17, 15) is 14.4 Å². The van der Waals surface area contributed by atoms with E-state index in [4.69, 9.17) is 32.4 Å². The largest absolute Gasteiger partial charge is 0.457 e. The molecule has 31 heavy (non-hydrogen) atoms. The van der Waals surface area contributed by atoms with Gasteiger partial charge in [0, 0.05) is 5.56 Å². The highest BCUT2D eigenvalue weighted by Crippen LogP contribution is 2.29. The van der Waals surface area contributed by atoms with Gasteiger partial charge in [-0.2, -0.15) is 5.10 Å². The van der Waals surface area contributed by atoms with Crippen molar-refractivity contribution in [2.24, 2.45) is 5.10 Å². The third kappa shape index (κ3) is 5.50. The molecule has 0 saturated heterocycles. The van der Waals surface area contributed by atoms with Crippen molar-refractivity contribution in [2.45, 2.75) is 6.92 Å². The van der Waals surface area contributed by atoms with Crippen molar-refractivity contribution in [2.75, 3.05) is 5.32 Å². The van der Waals surface area contributed by atoms with Gasteiger partial charge in [-0.05, 0) is 43.3 Å². The van der Waals surface area contributed by atoms with E-state index < -0.39 is 17.8 Å². The van der Waals surface area contributed by atoms with E-state index in [0.29, 0.717) is 11.3 Å². The monoisotopic (exact) mass is 459 g/mol. The van der Waals surface area contributed by atoms with Crippen LogP contribution in [-0.4, -0.2) is 23.5 Å². The van der Waals surface area contributed by atoms with Gasteiger partial charge in [-0.15, -0.1) is 0 Å². The molecule has 0 spiro atoms. The number of hydrazone groups is 1. The van der Waals surface area contributed by atoms with Crippen LogP contribution in [0.4, 0.5) is 5.69 Å². The van der Waals surface area contributed by atoms with Gasteiger partial charge >= 0.3 is 17.8 Å². The number of rotatable bonds is 5. The SMILES string of the molecule is C/C(=N\NC(=O)C(=O)Nc1cccc(Cl)c1Cl)c1ccccc1OC(=O)c1ccco1. The molecule has 0 radical (unpaired) electrons. The molecular weight excluding hydrogens is 445 g/mol. The molecular formula is C21H15Cl2N3O5. The van der Waals surface area contributed by atoms with Crippen molar-refractivity contribution in [3.05, 3.63) is 82.2 Å². The predicted octanol–water partition coefficient (Wildman–Crippen LogP) is 4.28. The molecule has 0 unspecified atom stereocenters. The van der Waals surface area contributed by atoms with Crippen LogP contribution in [0.2, 0.25) is 10.0 Å². The Labute approximate surface area is 186 Å². The molecule has 2 amide bonds. The summed E-state index contributed by atoms with van der Waals surface area (Å²) in [6, 6.07) is 14.2. The van der Waals surface area contributed by atoms with Crippen molar-refractivity contribution in [1.82, 2.24) is 5.43 Å². The first-order chi connectivity index (χ1) is 14.9. The highest BCUT2D eigenvalue weighted by Gasteiger charge is 2.17. The van der Waals surface area contributed by atoms with Gasteiger partial charge in [0.2, 0.25) is 5.76 Å². The van der Waals surface area contributed by atoms with E-state index >= 15 is 0 Å². The number of carbonyl (C=O) groups excluding carboxylic acids is 3. The first-order valence-electron chi connectivity index (χ1n) is 8.81. The van der Waals surface area contributed by atoms with Crippen LogP contribution in [0.25, 0.3) is 0 Å². The Bertz CT molecular complexity index is 1160. The number of halogens is 2. The molecule has 0 aliphatic heterocycles. The van der Waals surface area contributed by atoms with Crippen LogP contribution in [0.1, 0.15) is 23.0 Å².